The van der Waals surface area contributed by atoms with Crippen LogP contribution in [-0.4, -0.2) is 97.9 Å². The lowest BCUT2D eigenvalue weighted by Crippen LogP contribution is -2.61. The van der Waals surface area contributed by atoms with E-state index in [4.69, 9.17) is 21.1 Å². The molecule has 6 N–H and O–H groups in total. The maximum atomic E-state index is 13.4. The SMILES string of the molecule is CC(C)N1CCC(C(=O)Nc2c(O[C@@H]3O[C@H](C(=O)O)[C@@H](O)[C@H](O)[C@H]3O)cc(Cl)cc2C(=O)Nc2ccc(Br)cn2)CC1. The molecular formula is C27H32BrClN4O9. The third-order valence-electron chi connectivity index (χ3n) is 7.22. The molecule has 0 radical (unpaired) electrons. The molecule has 2 fully saturated rings. The largest absolute Gasteiger partial charge is 0.479 e. The molecule has 15 heteroatoms. The Bertz CT molecular complexity index is 1310. The van der Waals surface area contributed by atoms with Crippen molar-refractivity contribution in [3.05, 3.63) is 45.5 Å². The van der Waals surface area contributed by atoms with E-state index < -0.39 is 42.6 Å². The summed E-state index contributed by atoms with van der Waals surface area (Å²) in [5, 5.41) is 45.6. The third-order valence-corrected chi connectivity index (χ3v) is 7.90. The number of hydrogen-bond donors (Lipinski definition) is 6. The monoisotopic (exact) mass is 670 g/mol. The van der Waals surface area contributed by atoms with Crippen LogP contribution in [0.25, 0.3) is 0 Å². The molecule has 13 nitrogen and oxygen atoms in total. The Kier molecular flexibility index (Phi) is 10.4. The highest BCUT2D eigenvalue weighted by molar-refractivity contribution is 9.10. The molecular weight excluding hydrogens is 640 g/mol. The maximum absolute atomic E-state index is 13.4. The number of nitrogens with one attached hydrogen (secondary N) is 2. The molecule has 3 heterocycles. The Labute approximate surface area is 254 Å². The lowest BCUT2D eigenvalue weighted by molar-refractivity contribution is -0.271. The van der Waals surface area contributed by atoms with E-state index in [-0.39, 0.29) is 39.7 Å². The molecule has 5 atom stereocenters. The van der Waals surface area contributed by atoms with E-state index in [2.05, 4.69) is 50.3 Å². The van der Waals surface area contributed by atoms with Crippen molar-refractivity contribution in [2.45, 2.75) is 63.4 Å². The number of rotatable bonds is 8. The van der Waals surface area contributed by atoms with Gasteiger partial charge in [0.05, 0.1) is 11.3 Å². The van der Waals surface area contributed by atoms with Gasteiger partial charge < -0.3 is 45.4 Å². The minimum atomic E-state index is -1.94. The van der Waals surface area contributed by atoms with E-state index in [9.17, 15) is 34.8 Å². The maximum Gasteiger partial charge on any atom is 0.335 e. The van der Waals surface area contributed by atoms with E-state index in [0.717, 1.165) is 0 Å². The zero-order chi connectivity index (χ0) is 30.7. The van der Waals surface area contributed by atoms with Gasteiger partial charge in [-0.3, -0.25) is 9.59 Å². The molecule has 1 aromatic carbocycles. The first-order chi connectivity index (χ1) is 19.8. The minimum Gasteiger partial charge on any atom is -0.479 e. The van der Waals surface area contributed by atoms with Crippen LogP contribution in [0.4, 0.5) is 11.5 Å². The molecule has 228 valence electrons. The number of likely N-dealkylation sites (tertiary alicyclic amines) is 1. The lowest BCUT2D eigenvalue weighted by atomic mass is 9.94. The number of aromatic nitrogens is 1. The van der Waals surface area contributed by atoms with Crippen molar-refractivity contribution in [2.75, 3.05) is 23.7 Å². The normalized spacial score (nSPS) is 25.2. The van der Waals surface area contributed by atoms with Crippen molar-refractivity contribution in [3.63, 3.8) is 0 Å². The van der Waals surface area contributed by atoms with E-state index in [1.54, 1.807) is 12.1 Å². The number of aliphatic hydroxyl groups is 3. The standard InChI is InChI=1S/C27H32BrClN4O9/c1-12(2)33-7-5-13(6-8-33)24(37)32-19-16(25(38)31-18-4-3-14(28)11-30-18)9-15(29)10-17(19)41-27-22(36)20(34)21(35)23(42-27)26(39)40/h3-4,9-13,20-23,27,34-36H,5-8H2,1-2H3,(H,32,37)(H,39,40)(H,30,31,38)/t20-,21-,22+,23-,27+/m0/s1. The number of aliphatic carboxylic acids is 1. The number of carbonyl (C=O) groups is 3. The number of amides is 2. The van der Waals surface area contributed by atoms with Crippen molar-refractivity contribution < 1.29 is 44.3 Å². The fraction of sp³-hybridized carbons (Fsp3) is 0.481. The second-order valence-electron chi connectivity index (χ2n) is 10.4. The van der Waals surface area contributed by atoms with Gasteiger partial charge in [0.2, 0.25) is 12.2 Å². The Balaban J connectivity index is 1.67. The summed E-state index contributed by atoms with van der Waals surface area (Å²) in [4.78, 5) is 44.8. The minimum absolute atomic E-state index is 0.00261. The first kappa shape index (κ1) is 32.1. The summed E-state index contributed by atoms with van der Waals surface area (Å²) < 4.78 is 11.7. The molecule has 1 aromatic heterocycles. The molecule has 0 saturated carbocycles. The Morgan fingerprint density at radius 3 is 2.38 bits per heavy atom. The van der Waals surface area contributed by atoms with Gasteiger partial charge in [0, 0.05) is 33.7 Å². The molecule has 0 aliphatic carbocycles. The molecule has 2 aliphatic rings. The number of carboxylic acids is 1. The third kappa shape index (κ3) is 7.37. The number of carbonyl (C=O) groups excluding carboxylic acids is 2. The highest BCUT2D eigenvalue weighted by atomic mass is 79.9. The molecule has 2 aliphatic heterocycles. The molecule has 2 saturated heterocycles. The first-order valence-corrected chi connectivity index (χ1v) is 14.4. The van der Waals surface area contributed by atoms with Crippen molar-refractivity contribution >= 4 is 56.8 Å². The smallest absolute Gasteiger partial charge is 0.335 e. The van der Waals surface area contributed by atoms with Crippen LogP contribution < -0.4 is 15.4 Å². The fourth-order valence-electron chi connectivity index (χ4n) is 4.79. The van der Waals surface area contributed by atoms with Crippen LogP contribution >= 0.6 is 27.5 Å². The number of halogens is 2. The first-order valence-electron chi connectivity index (χ1n) is 13.3. The van der Waals surface area contributed by atoms with Crippen molar-refractivity contribution in [2.24, 2.45) is 5.92 Å². The number of pyridine rings is 1. The van der Waals surface area contributed by atoms with Gasteiger partial charge in [-0.1, -0.05) is 11.6 Å². The summed E-state index contributed by atoms with van der Waals surface area (Å²) in [5.74, 6) is -3.09. The number of aliphatic hydroxyl groups excluding tert-OH is 3. The summed E-state index contributed by atoms with van der Waals surface area (Å²) in [7, 11) is 0. The van der Waals surface area contributed by atoms with Gasteiger partial charge in [-0.2, -0.15) is 0 Å². The number of nitrogens with zero attached hydrogens (tertiary/aromatic N) is 2. The van der Waals surface area contributed by atoms with Crippen molar-refractivity contribution in [1.29, 1.82) is 0 Å². The lowest BCUT2D eigenvalue weighted by Gasteiger charge is -2.38. The van der Waals surface area contributed by atoms with Gasteiger partial charge in [0.25, 0.3) is 5.91 Å². The quantitative estimate of drug-likeness (QED) is 0.241. The van der Waals surface area contributed by atoms with Crippen LogP contribution in [0.1, 0.15) is 37.0 Å². The van der Waals surface area contributed by atoms with Crippen LogP contribution in [0.2, 0.25) is 5.02 Å². The number of hydrogen-bond acceptors (Lipinski definition) is 10. The van der Waals surface area contributed by atoms with E-state index in [1.807, 2.05) is 0 Å². The van der Waals surface area contributed by atoms with Gasteiger partial charge in [-0.25, -0.2) is 9.78 Å². The zero-order valence-corrected chi connectivity index (χ0v) is 25.1. The molecule has 4 rings (SSSR count). The van der Waals surface area contributed by atoms with E-state index in [1.165, 1.54) is 18.3 Å². The number of carboxylic acid groups (broad SMARTS) is 1. The molecule has 2 aromatic rings. The zero-order valence-electron chi connectivity index (χ0n) is 22.7. The van der Waals surface area contributed by atoms with Gasteiger partial charge in [0.15, 0.2) is 6.10 Å². The summed E-state index contributed by atoms with van der Waals surface area (Å²) >= 11 is 9.59. The second kappa shape index (κ2) is 13.6. The van der Waals surface area contributed by atoms with Crippen molar-refractivity contribution in [3.8, 4) is 5.75 Å². The Morgan fingerprint density at radius 2 is 1.79 bits per heavy atom. The molecule has 42 heavy (non-hydrogen) atoms. The number of ether oxygens (including phenoxy) is 2. The predicted octanol–water partition coefficient (Wildman–Crippen LogP) is 2.08. The average molecular weight is 672 g/mol. The van der Waals surface area contributed by atoms with Gasteiger partial charge in [-0.15, -0.1) is 0 Å². The predicted molar refractivity (Wildman–Crippen MR) is 154 cm³/mol. The van der Waals surface area contributed by atoms with Gasteiger partial charge >= 0.3 is 5.97 Å². The molecule has 0 spiro atoms. The highest BCUT2D eigenvalue weighted by Crippen LogP contribution is 2.37. The van der Waals surface area contributed by atoms with Crippen LogP contribution in [0.5, 0.6) is 5.75 Å². The van der Waals surface area contributed by atoms with E-state index >= 15 is 0 Å². The fourth-order valence-corrected chi connectivity index (χ4v) is 5.24. The topological polar surface area (TPSA) is 191 Å². The second-order valence-corrected chi connectivity index (χ2v) is 11.7. The van der Waals surface area contributed by atoms with Crippen molar-refractivity contribution in [1.82, 2.24) is 9.88 Å². The Hall–Kier alpha value is -2.85. The number of piperidine rings is 1. The Morgan fingerprint density at radius 1 is 1.10 bits per heavy atom. The number of benzene rings is 1. The van der Waals surface area contributed by atoms with Crippen LogP contribution in [0, 0.1) is 5.92 Å². The molecule has 0 bridgehead atoms. The highest BCUT2D eigenvalue weighted by Gasteiger charge is 2.48. The van der Waals surface area contributed by atoms with Gasteiger partial charge in [-0.05, 0) is 73.9 Å². The molecule has 2 amide bonds. The molecule has 0 unspecified atom stereocenters. The van der Waals surface area contributed by atoms with Crippen LogP contribution in [0.15, 0.2) is 34.9 Å². The van der Waals surface area contributed by atoms with Gasteiger partial charge in [0.1, 0.15) is 29.9 Å². The van der Waals surface area contributed by atoms with Crippen LogP contribution in [-0.2, 0) is 14.3 Å². The average Bonchev–Trinajstić information content (AvgIpc) is 2.95. The van der Waals surface area contributed by atoms with E-state index in [0.29, 0.717) is 36.4 Å². The summed E-state index contributed by atoms with van der Waals surface area (Å²) in [6.45, 7) is 5.58. The van der Waals surface area contributed by atoms with Crippen LogP contribution in [0.3, 0.4) is 0 Å². The number of anilines is 2. The summed E-state index contributed by atoms with van der Waals surface area (Å²) in [5.41, 5.74) is -0.232. The summed E-state index contributed by atoms with van der Waals surface area (Å²) in [6, 6.07) is 6.10. The summed E-state index contributed by atoms with van der Waals surface area (Å²) in [6.07, 6.45) is -6.86.